The van der Waals surface area contributed by atoms with Crippen LogP contribution in [0.1, 0.15) is 5.56 Å². The number of imidazole rings is 1. The van der Waals surface area contributed by atoms with Crippen molar-refractivity contribution in [2.45, 2.75) is 6.18 Å². The van der Waals surface area contributed by atoms with Crippen molar-refractivity contribution in [1.29, 1.82) is 0 Å². The zero-order chi connectivity index (χ0) is 13.3. The van der Waals surface area contributed by atoms with Gasteiger partial charge in [-0.05, 0) is 18.2 Å². The Labute approximate surface area is 106 Å². The molecule has 2 rings (SSSR count). The van der Waals surface area contributed by atoms with Gasteiger partial charge in [-0.2, -0.15) is 13.2 Å². The lowest BCUT2D eigenvalue weighted by Gasteiger charge is -2.11. The molecule has 0 aliphatic carbocycles. The molecule has 1 aromatic carbocycles. The number of hydrogen-bond acceptors (Lipinski definition) is 2. The van der Waals surface area contributed by atoms with Gasteiger partial charge in [-0.1, -0.05) is 11.6 Å². The summed E-state index contributed by atoms with van der Waals surface area (Å²) < 4.78 is 39.0. The number of rotatable bonds is 2. The first-order valence-corrected chi connectivity index (χ1v) is 5.37. The summed E-state index contributed by atoms with van der Waals surface area (Å²) in [5.41, 5.74) is -0.406. The largest absolute Gasteiger partial charge is 0.416 e. The molecule has 18 heavy (non-hydrogen) atoms. The monoisotopic (exact) mass is 275 g/mol. The van der Waals surface area contributed by atoms with Gasteiger partial charge in [0.25, 0.3) is 0 Å². The molecule has 1 aromatic heterocycles. The van der Waals surface area contributed by atoms with E-state index >= 15 is 0 Å². The predicted molar refractivity (Wildman–Crippen MR) is 62.9 cm³/mol. The molecule has 7 heteroatoms. The number of benzene rings is 1. The Bertz CT molecular complexity index is 563. The van der Waals surface area contributed by atoms with E-state index in [9.17, 15) is 13.2 Å². The molecule has 3 nitrogen and oxygen atoms in total. The van der Waals surface area contributed by atoms with Crippen molar-refractivity contribution in [1.82, 2.24) is 9.55 Å². The number of hydrogen-bond donors (Lipinski definition) is 1. The van der Waals surface area contributed by atoms with Crippen LogP contribution >= 0.6 is 11.6 Å². The van der Waals surface area contributed by atoms with Gasteiger partial charge in [0.15, 0.2) is 0 Å². The summed E-state index contributed by atoms with van der Waals surface area (Å²) in [5.74, 6) is 0.497. The lowest BCUT2D eigenvalue weighted by atomic mass is 10.2. The van der Waals surface area contributed by atoms with Gasteiger partial charge in [-0.15, -0.1) is 0 Å². The molecular formula is C11H9ClF3N3. The summed E-state index contributed by atoms with van der Waals surface area (Å²) in [4.78, 5) is 3.99. The standard InChI is InChI=1S/C11H9ClF3N3/c1-18-5-4-16-10(18)17-9-3-2-7(6-8(9)12)11(13,14)15/h2-6H,1H3,(H,16,17). The molecule has 0 radical (unpaired) electrons. The van der Waals surface area contributed by atoms with Crippen LogP contribution in [-0.2, 0) is 13.2 Å². The van der Waals surface area contributed by atoms with E-state index in [1.54, 1.807) is 24.0 Å². The summed E-state index contributed by atoms with van der Waals surface area (Å²) in [6.07, 6.45) is -1.12. The van der Waals surface area contributed by atoms with Crippen LogP contribution in [0.3, 0.4) is 0 Å². The van der Waals surface area contributed by atoms with Crippen LogP contribution in [0.25, 0.3) is 0 Å². The number of nitrogens with one attached hydrogen (secondary N) is 1. The van der Waals surface area contributed by atoms with Crippen LogP contribution in [0.4, 0.5) is 24.8 Å². The molecule has 0 atom stereocenters. The minimum Gasteiger partial charge on any atom is -0.324 e. The van der Waals surface area contributed by atoms with Gasteiger partial charge in [0, 0.05) is 19.4 Å². The van der Waals surface area contributed by atoms with E-state index in [4.69, 9.17) is 11.6 Å². The summed E-state index contributed by atoms with van der Waals surface area (Å²) in [6.45, 7) is 0. The number of alkyl halides is 3. The Hall–Kier alpha value is -1.69. The van der Waals surface area contributed by atoms with Gasteiger partial charge in [0.2, 0.25) is 5.95 Å². The molecule has 0 spiro atoms. The Kier molecular flexibility index (Phi) is 3.21. The quantitative estimate of drug-likeness (QED) is 0.902. The third-order valence-electron chi connectivity index (χ3n) is 2.36. The zero-order valence-corrected chi connectivity index (χ0v) is 10.0. The number of anilines is 2. The van der Waals surface area contributed by atoms with Crippen molar-refractivity contribution < 1.29 is 13.2 Å². The maximum absolute atomic E-state index is 12.4. The number of aryl methyl sites for hydroxylation is 1. The van der Waals surface area contributed by atoms with Crippen LogP contribution in [0, 0.1) is 0 Å². The minimum atomic E-state index is -4.40. The van der Waals surface area contributed by atoms with Crippen LogP contribution in [0.2, 0.25) is 5.02 Å². The van der Waals surface area contributed by atoms with Crippen molar-refractivity contribution >= 4 is 23.2 Å². The molecule has 0 aliphatic heterocycles. The van der Waals surface area contributed by atoms with Crippen molar-refractivity contribution in [3.8, 4) is 0 Å². The second-order valence-electron chi connectivity index (χ2n) is 3.68. The fourth-order valence-electron chi connectivity index (χ4n) is 1.40. The van der Waals surface area contributed by atoms with E-state index in [-0.39, 0.29) is 5.02 Å². The first-order valence-electron chi connectivity index (χ1n) is 4.99. The third-order valence-corrected chi connectivity index (χ3v) is 2.68. The van der Waals surface area contributed by atoms with E-state index in [2.05, 4.69) is 10.3 Å². The molecular weight excluding hydrogens is 267 g/mol. The molecule has 1 N–H and O–H groups in total. The molecule has 2 aromatic rings. The molecule has 96 valence electrons. The molecule has 0 amide bonds. The molecule has 0 bridgehead atoms. The van der Waals surface area contributed by atoms with E-state index < -0.39 is 11.7 Å². The van der Waals surface area contributed by atoms with Crippen LogP contribution in [0.5, 0.6) is 0 Å². The average Bonchev–Trinajstić information content (AvgIpc) is 2.66. The first kappa shape index (κ1) is 12.8. The van der Waals surface area contributed by atoms with Crippen LogP contribution in [-0.4, -0.2) is 9.55 Å². The van der Waals surface area contributed by atoms with Gasteiger partial charge < -0.3 is 9.88 Å². The first-order chi connectivity index (χ1) is 8.38. The highest BCUT2D eigenvalue weighted by molar-refractivity contribution is 6.33. The van der Waals surface area contributed by atoms with Crippen molar-refractivity contribution in [2.24, 2.45) is 7.05 Å². The normalized spacial score (nSPS) is 11.6. The van der Waals surface area contributed by atoms with Gasteiger partial charge in [0.1, 0.15) is 0 Å². The van der Waals surface area contributed by atoms with Gasteiger partial charge >= 0.3 is 6.18 Å². The van der Waals surface area contributed by atoms with Crippen LogP contribution in [0.15, 0.2) is 30.6 Å². The summed E-state index contributed by atoms with van der Waals surface area (Å²) in [7, 11) is 1.76. The Morgan fingerprint density at radius 2 is 2.06 bits per heavy atom. The Balaban J connectivity index is 2.29. The summed E-state index contributed by atoms with van der Waals surface area (Å²) in [6, 6.07) is 3.13. The lowest BCUT2D eigenvalue weighted by molar-refractivity contribution is -0.137. The molecule has 1 heterocycles. The highest BCUT2D eigenvalue weighted by Crippen LogP contribution is 2.34. The van der Waals surface area contributed by atoms with E-state index in [0.29, 0.717) is 11.6 Å². The topological polar surface area (TPSA) is 29.9 Å². The second kappa shape index (κ2) is 4.53. The van der Waals surface area contributed by atoms with Crippen molar-refractivity contribution in [3.05, 3.63) is 41.2 Å². The molecule has 0 aliphatic rings. The fraction of sp³-hybridized carbons (Fsp3) is 0.182. The van der Waals surface area contributed by atoms with Gasteiger partial charge in [-0.3, -0.25) is 0 Å². The smallest absolute Gasteiger partial charge is 0.324 e. The Morgan fingerprint density at radius 1 is 1.33 bits per heavy atom. The summed E-state index contributed by atoms with van der Waals surface area (Å²) >= 11 is 5.81. The zero-order valence-electron chi connectivity index (χ0n) is 9.29. The van der Waals surface area contributed by atoms with Gasteiger partial charge in [0.05, 0.1) is 16.3 Å². The van der Waals surface area contributed by atoms with Gasteiger partial charge in [-0.25, -0.2) is 4.98 Å². The fourth-order valence-corrected chi connectivity index (χ4v) is 1.63. The maximum Gasteiger partial charge on any atom is 0.416 e. The number of aromatic nitrogens is 2. The molecule has 0 saturated heterocycles. The molecule has 0 saturated carbocycles. The highest BCUT2D eigenvalue weighted by atomic mass is 35.5. The maximum atomic E-state index is 12.4. The minimum absolute atomic E-state index is 0.00664. The Morgan fingerprint density at radius 3 is 2.56 bits per heavy atom. The lowest BCUT2D eigenvalue weighted by Crippen LogP contribution is -2.05. The van der Waals surface area contributed by atoms with Crippen molar-refractivity contribution in [2.75, 3.05) is 5.32 Å². The molecule has 0 unspecified atom stereocenters. The van der Waals surface area contributed by atoms with E-state index in [1.165, 1.54) is 6.07 Å². The SMILES string of the molecule is Cn1ccnc1Nc1ccc(C(F)(F)F)cc1Cl. The predicted octanol–water partition coefficient (Wildman–Crippen LogP) is 3.84. The third kappa shape index (κ3) is 2.59. The highest BCUT2D eigenvalue weighted by Gasteiger charge is 2.30. The van der Waals surface area contributed by atoms with E-state index in [1.807, 2.05) is 0 Å². The average molecular weight is 276 g/mol. The van der Waals surface area contributed by atoms with Crippen LogP contribution < -0.4 is 5.32 Å². The number of nitrogens with zero attached hydrogens (tertiary/aromatic N) is 2. The second-order valence-corrected chi connectivity index (χ2v) is 4.09. The van der Waals surface area contributed by atoms with Crippen molar-refractivity contribution in [3.63, 3.8) is 0 Å². The van der Waals surface area contributed by atoms with E-state index in [0.717, 1.165) is 12.1 Å². The molecule has 0 fully saturated rings. The summed E-state index contributed by atoms with van der Waals surface area (Å²) in [5, 5.41) is 2.85. The number of halogens is 4.